The number of halogens is 4. The van der Waals surface area contributed by atoms with Crippen LogP contribution in [0.5, 0.6) is 0 Å². The average Bonchev–Trinajstić information content (AvgIpc) is 2.27. The van der Waals surface area contributed by atoms with E-state index in [2.05, 4.69) is 4.99 Å². The summed E-state index contributed by atoms with van der Waals surface area (Å²) < 4.78 is 48.8. The highest BCUT2D eigenvalue weighted by molar-refractivity contribution is 5.82. The van der Waals surface area contributed by atoms with E-state index in [1.807, 2.05) is 0 Å². The number of amidine groups is 1. The van der Waals surface area contributed by atoms with Gasteiger partial charge in [-0.15, -0.1) is 0 Å². The minimum absolute atomic E-state index is 0.0118. The van der Waals surface area contributed by atoms with Crippen molar-refractivity contribution in [2.45, 2.75) is 44.5 Å². The molecule has 1 saturated carbocycles. The van der Waals surface area contributed by atoms with E-state index in [1.165, 1.54) is 0 Å². The molecule has 0 aromatic rings. The average molecular weight is 240 g/mol. The molecule has 0 aliphatic heterocycles. The fourth-order valence-electron chi connectivity index (χ4n) is 1.79. The number of nitrogens with zero attached hydrogens (tertiary/aromatic N) is 1. The Bertz CT molecular complexity index is 247. The fraction of sp³-hybridized carbons (Fsp3) is 0.900. The maximum atomic E-state index is 12.6. The SMILES string of the molecule is NC(=NCC(F)(F)C(F)F)C1CCCCC1. The summed E-state index contributed by atoms with van der Waals surface area (Å²) in [6, 6.07) is 0. The second-order valence-corrected chi connectivity index (χ2v) is 4.14. The lowest BCUT2D eigenvalue weighted by Gasteiger charge is -2.21. The molecule has 0 spiro atoms. The summed E-state index contributed by atoms with van der Waals surface area (Å²) in [6.07, 6.45) is 1.04. The molecule has 0 aromatic heterocycles. The Morgan fingerprint density at radius 2 is 1.81 bits per heavy atom. The Morgan fingerprint density at radius 3 is 2.31 bits per heavy atom. The molecule has 0 aromatic carbocycles. The van der Waals surface area contributed by atoms with Gasteiger partial charge in [-0.05, 0) is 12.8 Å². The zero-order valence-corrected chi connectivity index (χ0v) is 8.93. The topological polar surface area (TPSA) is 38.4 Å². The van der Waals surface area contributed by atoms with Crippen LogP contribution in [0.15, 0.2) is 4.99 Å². The van der Waals surface area contributed by atoms with Crippen molar-refractivity contribution in [2.24, 2.45) is 16.6 Å². The van der Waals surface area contributed by atoms with E-state index in [-0.39, 0.29) is 11.8 Å². The third-order valence-electron chi connectivity index (χ3n) is 2.82. The minimum Gasteiger partial charge on any atom is -0.387 e. The van der Waals surface area contributed by atoms with Gasteiger partial charge in [-0.2, -0.15) is 8.78 Å². The molecule has 0 saturated heterocycles. The number of alkyl halides is 4. The Kier molecular flexibility index (Phi) is 4.56. The lowest BCUT2D eigenvalue weighted by atomic mass is 9.88. The van der Waals surface area contributed by atoms with Gasteiger partial charge >= 0.3 is 12.3 Å². The van der Waals surface area contributed by atoms with E-state index >= 15 is 0 Å². The molecule has 0 heterocycles. The highest BCUT2D eigenvalue weighted by Crippen LogP contribution is 2.26. The van der Waals surface area contributed by atoms with E-state index in [0.29, 0.717) is 0 Å². The van der Waals surface area contributed by atoms with Crippen molar-refractivity contribution in [3.05, 3.63) is 0 Å². The van der Waals surface area contributed by atoms with Crippen LogP contribution in [0.4, 0.5) is 17.6 Å². The first-order valence-corrected chi connectivity index (χ1v) is 5.39. The van der Waals surface area contributed by atoms with Crippen LogP contribution in [0.25, 0.3) is 0 Å². The molecular formula is C10H16F4N2. The van der Waals surface area contributed by atoms with Crippen LogP contribution < -0.4 is 5.73 Å². The molecule has 1 rings (SSSR count). The first-order valence-electron chi connectivity index (χ1n) is 5.39. The highest BCUT2D eigenvalue weighted by Gasteiger charge is 2.40. The summed E-state index contributed by atoms with van der Waals surface area (Å²) in [5.74, 6) is -3.98. The van der Waals surface area contributed by atoms with Crippen molar-refractivity contribution >= 4 is 5.84 Å². The molecule has 2 N–H and O–H groups in total. The summed E-state index contributed by atoms with van der Waals surface area (Å²) in [5.41, 5.74) is 5.53. The van der Waals surface area contributed by atoms with Gasteiger partial charge < -0.3 is 5.73 Å². The molecule has 0 atom stereocenters. The van der Waals surface area contributed by atoms with Crippen LogP contribution in [-0.4, -0.2) is 24.7 Å². The highest BCUT2D eigenvalue weighted by atomic mass is 19.3. The van der Waals surface area contributed by atoms with Crippen molar-refractivity contribution < 1.29 is 17.6 Å². The molecule has 16 heavy (non-hydrogen) atoms. The zero-order valence-electron chi connectivity index (χ0n) is 8.93. The molecule has 0 amide bonds. The van der Waals surface area contributed by atoms with Gasteiger partial charge in [0.1, 0.15) is 6.54 Å². The summed E-state index contributed by atoms with van der Waals surface area (Å²) in [5, 5.41) is 0. The van der Waals surface area contributed by atoms with E-state index in [1.54, 1.807) is 0 Å². The molecule has 6 heteroatoms. The van der Waals surface area contributed by atoms with Gasteiger partial charge in [0.15, 0.2) is 0 Å². The number of nitrogens with two attached hydrogens (primary N) is 1. The van der Waals surface area contributed by atoms with E-state index in [4.69, 9.17) is 5.73 Å². The Balaban J connectivity index is 2.49. The van der Waals surface area contributed by atoms with Crippen LogP contribution in [0, 0.1) is 5.92 Å². The summed E-state index contributed by atoms with van der Waals surface area (Å²) in [4.78, 5) is 3.41. The predicted molar refractivity (Wildman–Crippen MR) is 54.0 cm³/mol. The molecule has 94 valence electrons. The second kappa shape index (κ2) is 5.50. The number of hydrogen-bond donors (Lipinski definition) is 1. The Morgan fingerprint density at radius 1 is 1.25 bits per heavy atom. The van der Waals surface area contributed by atoms with Crippen LogP contribution in [0.3, 0.4) is 0 Å². The van der Waals surface area contributed by atoms with Gasteiger partial charge in [-0.1, -0.05) is 19.3 Å². The third-order valence-corrected chi connectivity index (χ3v) is 2.82. The Hall–Kier alpha value is -0.810. The maximum Gasteiger partial charge on any atom is 0.326 e. The number of aliphatic imine (C=N–C) groups is 1. The monoisotopic (exact) mass is 240 g/mol. The van der Waals surface area contributed by atoms with Crippen molar-refractivity contribution in [1.29, 1.82) is 0 Å². The zero-order chi connectivity index (χ0) is 12.2. The quantitative estimate of drug-likeness (QED) is 0.458. The smallest absolute Gasteiger partial charge is 0.326 e. The molecule has 0 radical (unpaired) electrons. The first-order chi connectivity index (χ1) is 7.43. The van der Waals surface area contributed by atoms with E-state index in [0.717, 1.165) is 32.1 Å². The van der Waals surface area contributed by atoms with Crippen LogP contribution >= 0.6 is 0 Å². The van der Waals surface area contributed by atoms with Gasteiger partial charge in [0, 0.05) is 5.92 Å². The molecular weight excluding hydrogens is 224 g/mol. The van der Waals surface area contributed by atoms with Gasteiger partial charge in [-0.25, -0.2) is 8.78 Å². The van der Waals surface area contributed by atoms with E-state index < -0.39 is 18.9 Å². The van der Waals surface area contributed by atoms with Crippen molar-refractivity contribution in [1.82, 2.24) is 0 Å². The first kappa shape index (κ1) is 13.3. The van der Waals surface area contributed by atoms with E-state index in [9.17, 15) is 17.6 Å². The summed E-state index contributed by atoms with van der Waals surface area (Å²) >= 11 is 0. The molecule has 2 nitrogen and oxygen atoms in total. The lowest BCUT2D eigenvalue weighted by Crippen LogP contribution is -2.33. The molecule has 0 unspecified atom stereocenters. The van der Waals surface area contributed by atoms with Crippen molar-refractivity contribution in [3.8, 4) is 0 Å². The van der Waals surface area contributed by atoms with Crippen LogP contribution in [0.1, 0.15) is 32.1 Å². The predicted octanol–water partition coefficient (Wildman–Crippen LogP) is 2.82. The van der Waals surface area contributed by atoms with Crippen molar-refractivity contribution in [3.63, 3.8) is 0 Å². The lowest BCUT2D eigenvalue weighted by molar-refractivity contribution is -0.120. The van der Waals surface area contributed by atoms with Gasteiger partial charge in [0.25, 0.3) is 0 Å². The molecule has 1 fully saturated rings. The van der Waals surface area contributed by atoms with Gasteiger partial charge in [-0.3, -0.25) is 4.99 Å². The molecule has 1 aliphatic rings. The summed E-state index contributed by atoms with van der Waals surface area (Å²) in [7, 11) is 0. The number of rotatable bonds is 4. The largest absolute Gasteiger partial charge is 0.387 e. The van der Waals surface area contributed by atoms with Crippen LogP contribution in [-0.2, 0) is 0 Å². The third kappa shape index (κ3) is 3.64. The fourth-order valence-corrected chi connectivity index (χ4v) is 1.79. The number of hydrogen-bond acceptors (Lipinski definition) is 1. The second-order valence-electron chi connectivity index (χ2n) is 4.14. The van der Waals surface area contributed by atoms with Gasteiger partial charge in [0.05, 0.1) is 5.84 Å². The summed E-state index contributed by atoms with van der Waals surface area (Å²) in [6.45, 7) is -1.22. The standard InChI is InChI=1S/C10H16F4N2/c11-9(12)10(13,14)6-16-8(15)7-4-2-1-3-5-7/h7,9H,1-6H2,(H2,15,16). The molecule has 1 aliphatic carbocycles. The Labute approximate surface area is 91.9 Å². The van der Waals surface area contributed by atoms with Crippen LogP contribution in [0.2, 0.25) is 0 Å². The maximum absolute atomic E-state index is 12.6. The normalized spacial score (nSPS) is 20.4. The minimum atomic E-state index is -4.07. The van der Waals surface area contributed by atoms with Crippen molar-refractivity contribution in [2.75, 3.05) is 6.54 Å². The van der Waals surface area contributed by atoms with Gasteiger partial charge in [0.2, 0.25) is 0 Å². The molecule has 0 bridgehead atoms.